The van der Waals surface area contributed by atoms with E-state index >= 15 is 0 Å². The second-order valence-electron chi connectivity index (χ2n) is 5.26. The molecule has 4 nitrogen and oxygen atoms in total. The molecule has 4 rings (SSSR count). The maximum absolute atomic E-state index is 12.6. The van der Waals surface area contributed by atoms with Gasteiger partial charge in [-0.05, 0) is 18.1 Å². The fourth-order valence-corrected chi connectivity index (χ4v) is 3.45. The SMILES string of the molecule is O=C1[C@H]2CNC[C@H]2c2cccc3c2N1CCCO3. The number of hydrogen-bond acceptors (Lipinski definition) is 3. The molecule has 0 radical (unpaired) electrons. The van der Waals surface area contributed by atoms with Gasteiger partial charge in [-0.2, -0.15) is 0 Å². The molecule has 0 aliphatic carbocycles. The molecule has 3 aliphatic heterocycles. The van der Waals surface area contributed by atoms with Gasteiger partial charge in [0.2, 0.25) is 5.91 Å². The summed E-state index contributed by atoms with van der Waals surface area (Å²) in [6.07, 6.45) is 0.907. The van der Waals surface area contributed by atoms with Crippen molar-refractivity contribution in [1.82, 2.24) is 5.32 Å². The molecule has 2 atom stereocenters. The summed E-state index contributed by atoms with van der Waals surface area (Å²) in [5.74, 6) is 1.59. The lowest BCUT2D eigenvalue weighted by atomic mass is 9.83. The van der Waals surface area contributed by atoms with Crippen molar-refractivity contribution >= 4 is 11.6 Å². The predicted octanol–water partition coefficient (Wildman–Crippen LogP) is 1.12. The molecular weight excluding hydrogens is 228 g/mol. The molecule has 0 aromatic heterocycles. The Morgan fingerprint density at radius 3 is 3.11 bits per heavy atom. The van der Waals surface area contributed by atoms with Gasteiger partial charge in [-0.15, -0.1) is 0 Å². The third-order valence-corrected chi connectivity index (χ3v) is 4.28. The number of carbonyl (C=O) groups is 1. The Balaban J connectivity index is 1.94. The fourth-order valence-electron chi connectivity index (χ4n) is 3.45. The minimum absolute atomic E-state index is 0.117. The van der Waals surface area contributed by atoms with Gasteiger partial charge in [0.15, 0.2) is 0 Å². The number of hydrogen-bond donors (Lipinski definition) is 1. The smallest absolute Gasteiger partial charge is 0.232 e. The number of carbonyl (C=O) groups excluding carboxylic acids is 1. The summed E-state index contributed by atoms with van der Waals surface area (Å²) in [5, 5.41) is 3.35. The predicted molar refractivity (Wildman–Crippen MR) is 68.0 cm³/mol. The summed E-state index contributed by atoms with van der Waals surface area (Å²) in [6, 6.07) is 6.17. The minimum atomic E-state index is 0.117. The zero-order valence-electron chi connectivity index (χ0n) is 10.2. The van der Waals surface area contributed by atoms with Crippen LogP contribution in [-0.2, 0) is 4.79 Å². The van der Waals surface area contributed by atoms with Crippen molar-refractivity contribution in [2.45, 2.75) is 12.3 Å². The van der Waals surface area contributed by atoms with Crippen molar-refractivity contribution in [2.75, 3.05) is 31.1 Å². The average Bonchev–Trinajstić information content (AvgIpc) is 2.78. The van der Waals surface area contributed by atoms with Crippen LogP contribution in [0.3, 0.4) is 0 Å². The molecule has 1 amide bonds. The van der Waals surface area contributed by atoms with Crippen LogP contribution in [0.15, 0.2) is 18.2 Å². The number of amides is 1. The summed E-state index contributed by atoms with van der Waals surface area (Å²) in [7, 11) is 0. The quantitative estimate of drug-likeness (QED) is 0.743. The van der Waals surface area contributed by atoms with E-state index in [1.807, 2.05) is 17.0 Å². The number of para-hydroxylation sites is 1. The molecule has 3 aliphatic rings. The number of nitrogens with zero attached hydrogens (tertiary/aromatic N) is 1. The van der Waals surface area contributed by atoms with Crippen LogP contribution in [0.1, 0.15) is 17.9 Å². The first kappa shape index (κ1) is 10.4. The van der Waals surface area contributed by atoms with E-state index in [2.05, 4.69) is 11.4 Å². The highest BCUT2D eigenvalue weighted by atomic mass is 16.5. The maximum Gasteiger partial charge on any atom is 0.232 e. The number of benzene rings is 1. The second kappa shape index (κ2) is 3.72. The molecule has 1 saturated heterocycles. The third kappa shape index (κ3) is 1.27. The van der Waals surface area contributed by atoms with Gasteiger partial charge in [-0.3, -0.25) is 4.79 Å². The molecule has 18 heavy (non-hydrogen) atoms. The van der Waals surface area contributed by atoms with E-state index in [0.29, 0.717) is 12.5 Å². The highest BCUT2D eigenvalue weighted by Crippen LogP contribution is 2.46. The Bertz CT molecular complexity index is 515. The summed E-state index contributed by atoms with van der Waals surface area (Å²) >= 11 is 0. The Kier molecular flexibility index (Phi) is 2.14. The first-order valence-corrected chi connectivity index (χ1v) is 6.64. The highest BCUT2D eigenvalue weighted by molar-refractivity contribution is 6.01. The molecule has 3 heterocycles. The van der Waals surface area contributed by atoms with Crippen molar-refractivity contribution in [3.05, 3.63) is 23.8 Å². The Morgan fingerprint density at radius 2 is 2.17 bits per heavy atom. The first-order valence-electron chi connectivity index (χ1n) is 6.64. The minimum Gasteiger partial charge on any atom is -0.491 e. The van der Waals surface area contributed by atoms with Crippen LogP contribution in [0.2, 0.25) is 0 Å². The van der Waals surface area contributed by atoms with Crippen molar-refractivity contribution in [3.8, 4) is 5.75 Å². The van der Waals surface area contributed by atoms with E-state index in [9.17, 15) is 4.79 Å². The van der Waals surface area contributed by atoms with Gasteiger partial charge < -0.3 is 15.0 Å². The van der Waals surface area contributed by atoms with E-state index in [0.717, 1.165) is 37.5 Å². The summed E-state index contributed by atoms with van der Waals surface area (Å²) in [5.41, 5.74) is 2.31. The highest BCUT2D eigenvalue weighted by Gasteiger charge is 2.44. The van der Waals surface area contributed by atoms with Crippen LogP contribution in [0.5, 0.6) is 5.75 Å². The van der Waals surface area contributed by atoms with E-state index in [-0.39, 0.29) is 11.8 Å². The average molecular weight is 244 g/mol. The molecule has 0 bridgehead atoms. The summed E-state index contributed by atoms with van der Waals surface area (Å²) in [6.45, 7) is 3.20. The molecular formula is C14H16N2O2. The Labute approximate surface area is 106 Å². The molecule has 1 N–H and O–H groups in total. The fraction of sp³-hybridized carbons (Fsp3) is 0.500. The molecule has 1 aromatic carbocycles. The molecule has 1 fully saturated rings. The van der Waals surface area contributed by atoms with Gasteiger partial charge in [0, 0.05) is 25.6 Å². The van der Waals surface area contributed by atoms with E-state index in [4.69, 9.17) is 4.74 Å². The van der Waals surface area contributed by atoms with Crippen LogP contribution < -0.4 is 15.0 Å². The van der Waals surface area contributed by atoms with E-state index < -0.39 is 0 Å². The van der Waals surface area contributed by atoms with Crippen LogP contribution >= 0.6 is 0 Å². The number of fused-ring (bicyclic) bond motifs is 2. The molecule has 0 saturated carbocycles. The topological polar surface area (TPSA) is 41.6 Å². The molecule has 94 valence electrons. The third-order valence-electron chi connectivity index (χ3n) is 4.28. The number of rotatable bonds is 0. The lowest BCUT2D eigenvalue weighted by Crippen LogP contribution is -2.43. The zero-order valence-corrected chi connectivity index (χ0v) is 10.2. The van der Waals surface area contributed by atoms with Crippen LogP contribution in [0.25, 0.3) is 0 Å². The second-order valence-corrected chi connectivity index (χ2v) is 5.26. The number of anilines is 1. The van der Waals surface area contributed by atoms with E-state index in [1.54, 1.807) is 0 Å². The van der Waals surface area contributed by atoms with Crippen molar-refractivity contribution in [2.24, 2.45) is 5.92 Å². The van der Waals surface area contributed by atoms with Gasteiger partial charge >= 0.3 is 0 Å². The first-order chi connectivity index (χ1) is 8.86. The monoisotopic (exact) mass is 244 g/mol. The Hall–Kier alpha value is -1.55. The van der Waals surface area contributed by atoms with Crippen LogP contribution in [0.4, 0.5) is 5.69 Å². The van der Waals surface area contributed by atoms with Gasteiger partial charge in [-0.1, -0.05) is 12.1 Å². The van der Waals surface area contributed by atoms with Gasteiger partial charge in [0.1, 0.15) is 5.75 Å². The molecule has 0 spiro atoms. The van der Waals surface area contributed by atoms with Crippen molar-refractivity contribution < 1.29 is 9.53 Å². The standard InChI is InChI=1S/C14H16N2O2/c17-14-11-8-15-7-10(11)9-3-1-4-12-13(9)16(14)5-2-6-18-12/h1,3-4,10-11,15H,2,5-8H2/t10-,11-/m0/s1. The molecule has 4 heteroatoms. The van der Waals surface area contributed by atoms with Gasteiger partial charge in [-0.25, -0.2) is 0 Å². The van der Waals surface area contributed by atoms with Crippen LogP contribution in [0, 0.1) is 5.92 Å². The largest absolute Gasteiger partial charge is 0.491 e. The van der Waals surface area contributed by atoms with Crippen molar-refractivity contribution in [1.29, 1.82) is 0 Å². The Morgan fingerprint density at radius 1 is 1.28 bits per heavy atom. The zero-order chi connectivity index (χ0) is 12.1. The molecule has 1 aromatic rings. The lowest BCUT2D eigenvalue weighted by molar-refractivity contribution is -0.122. The lowest BCUT2D eigenvalue weighted by Gasteiger charge is -2.35. The van der Waals surface area contributed by atoms with E-state index in [1.165, 1.54) is 5.56 Å². The van der Waals surface area contributed by atoms with Gasteiger partial charge in [0.25, 0.3) is 0 Å². The normalized spacial score (nSPS) is 29.3. The maximum atomic E-state index is 12.6. The van der Waals surface area contributed by atoms with Gasteiger partial charge in [0.05, 0.1) is 18.2 Å². The van der Waals surface area contributed by atoms with Crippen LogP contribution in [-0.4, -0.2) is 32.1 Å². The number of nitrogens with one attached hydrogen (secondary N) is 1. The number of ether oxygens (including phenoxy) is 1. The summed E-state index contributed by atoms with van der Waals surface area (Å²) in [4.78, 5) is 14.5. The van der Waals surface area contributed by atoms with Crippen molar-refractivity contribution in [3.63, 3.8) is 0 Å². The summed E-state index contributed by atoms with van der Waals surface area (Å²) < 4.78 is 5.78. The molecule has 0 unspecified atom stereocenters.